The van der Waals surface area contributed by atoms with Crippen molar-refractivity contribution in [2.45, 2.75) is 0 Å². The number of carbonyl (C=O) groups is 2. The van der Waals surface area contributed by atoms with E-state index in [-0.39, 0.29) is 50.1 Å². The molecule has 0 saturated heterocycles. The van der Waals surface area contributed by atoms with Gasteiger partial charge in [-0.3, -0.25) is 0 Å². The summed E-state index contributed by atoms with van der Waals surface area (Å²) in [4.78, 5) is 59.8. The minimum absolute atomic E-state index is 0. The van der Waals surface area contributed by atoms with E-state index in [1.165, 1.54) is 6.07 Å². The molecule has 4 aromatic carbocycles. The van der Waals surface area contributed by atoms with E-state index < -0.39 is 23.1 Å². The van der Waals surface area contributed by atoms with Crippen molar-refractivity contribution in [3.05, 3.63) is 96.1 Å². The third kappa shape index (κ3) is 4.43. The van der Waals surface area contributed by atoms with E-state index in [0.29, 0.717) is 45.5 Å². The molecular weight excluding hydrogens is 659 g/mol. The fourth-order valence-corrected chi connectivity index (χ4v) is 6.11. The van der Waals surface area contributed by atoms with Crippen molar-refractivity contribution in [2.24, 2.45) is 0 Å². The Morgan fingerprint density at radius 1 is 0.479 bits per heavy atom. The van der Waals surface area contributed by atoms with Crippen LogP contribution in [-0.4, -0.2) is 57.3 Å². The molecule has 0 fully saturated rings. The van der Waals surface area contributed by atoms with Gasteiger partial charge in [-0.1, -0.05) is 78.9 Å². The van der Waals surface area contributed by atoms with Crippen LogP contribution in [0.2, 0.25) is 0 Å². The summed E-state index contributed by atoms with van der Waals surface area (Å²) >= 11 is 0. The van der Waals surface area contributed by atoms with Crippen molar-refractivity contribution in [1.82, 2.24) is 39.9 Å². The van der Waals surface area contributed by atoms with Crippen molar-refractivity contribution in [1.29, 1.82) is 0 Å². The third-order valence-corrected chi connectivity index (χ3v) is 8.14. The Morgan fingerprint density at radius 2 is 0.875 bits per heavy atom. The van der Waals surface area contributed by atoms with Gasteiger partial charge in [-0.25, -0.2) is 29.9 Å². The van der Waals surface area contributed by atoms with Crippen LogP contribution in [0, 0.1) is 0 Å². The first-order chi connectivity index (χ1) is 22.4. The van der Waals surface area contributed by atoms with Gasteiger partial charge in [-0.15, -0.1) is 0 Å². The zero-order chi connectivity index (χ0) is 31.1. The van der Waals surface area contributed by atoms with Crippen LogP contribution in [0.3, 0.4) is 0 Å². The van der Waals surface area contributed by atoms with Gasteiger partial charge in [-0.05, 0) is 6.07 Å². The van der Waals surface area contributed by atoms with E-state index in [1.54, 1.807) is 0 Å². The molecule has 2 aliphatic rings. The van der Waals surface area contributed by atoms with Gasteiger partial charge in [0.25, 0.3) is 0 Å². The maximum absolute atomic E-state index is 12.5. The summed E-state index contributed by atoms with van der Waals surface area (Å²) in [7, 11) is 0. The number of H-pyrrole nitrogens is 2. The number of aromatic nitrogens is 8. The SMILES string of the molecule is O.O=C([O-])c1ccc2c3nc4nc(nc5[nH]c(nc6nc(nc([nH]3)c2c1C(=O)[O-])-c1ccccc1-6)c1ccccc51)-c1ccccc1-4.[Co+2]. The number of hydrogen-bond acceptors (Lipinski definition) is 10. The Balaban J connectivity index is 0.00000182. The number of fused-ring (bicyclic) bond motifs is 20. The number of carboxylic acids is 2. The largest absolute Gasteiger partial charge is 2.00 e. The van der Waals surface area contributed by atoms with Gasteiger partial charge in [0.15, 0.2) is 23.3 Å². The number of carboxylic acid groups (broad SMARTS) is 2. The minimum atomic E-state index is -1.71. The monoisotopic (exact) mass is 677 g/mol. The maximum atomic E-state index is 12.5. The van der Waals surface area contributed by atoms with Gasteiger partial charge >= 0.3 is 16.8 Å². The smallest absolute Gasteiger partial charge is 0.545 e. The first-order valence-electron chi connectivity index (χ1n) is 14.1. The first kappa shape index (κ1) is 30.3. The Bertz CT molecular complexity index is 2680. The van der Waals surface area contributed by atoms with E-state index in [9.17, 15) is 19.8 Å². The Labute approximate surface area is 279 Å². The number of nitrogens with zero attached hydrogens (tertiary/aromatic N) is 6. The molecule has 0 amide bonds. The van der Waals surface area contributed by atoms with E-state index in [4.69, 9.17) is 29.9 Å². The summed E-state index contributed by atoms with van der Waals surface area (Å²) in [6, 6.07) is 25.2. The summed E-state index contributed by atoms with van der Waals surface area (Å²) in [5.74, 6) is -2.05. The molecule has 0 saturated carbocycles. The fraction of sp³-hybridized carbons (Fsp3) is 0. The van der Waals surface area contributed by atoms with Crippen molar-refractivity contribution in [3.63, 3.8) is 0 Å². The summed E-state index contributed by atoms with van der Waals surface area (Å²) in [5, 5.41) is 26.4. The number of aromatic carboxylic acids is 2. The van der Waals surface area contributed by atoms with Gasteiger partial charge in [0.1, 0.15) is 22.6 Å². The normalized spacial score (nSPS) is 11.3. The number of carbonyl (C=O) groups excluding carboxylic acids is 2. The minimum Gasteiger partial charge on any atom is -0.545 e. The fourth-order valence-electron chi connectivity index (χ4n) is 6.11. The van der Waals surface area contributed by atoms with Crippen LogP contribution in [-0.2, 0) is 16.8 Å². The average Bonchev–Trinajstić information content (AvgIpc) is 3.80. The van der Waals surface area contributed by atoms with Crippen LogP contribution < -0.4 is 10.2 Å². The molecule has 13 nitrogen and oxygen atoms in total. The molecule has 2 aliphatic heterocycles. The van der Waals surface area contributed by atoms with E-state index in [2.05, 4.69) is 9.97 Å². The molecule has 8 bridgehead atoms. The number of nitrogens with one attached hydrogen (secondary N) is 2. The molecule has 1 radical (unpaired) electrons. The molecule has 14 heteroatoms. The number of aromatic amines is 2. The van der Waals surface area contributed by atoms with Crippen molar-refractivity contribution in [3.8, 4) is 45.6 Å². The molecule has 0 unspecified atom stereocenters. The molecule has 3 aromatic heterocycles. The van der Waals surface area contributed by atoms with Crippen LogP contribution >= 0.6 is 0 Å². The predicted molar refractivity (Wildman–Crippen MR) is 168 cm³/mol. The molecular formula is C34H18CoN8O5. The maximum Gasteiger partial charge on any atom is 2.00 e. The Morgan fingerprint density at radius 3 is 1.31 bits per heavy atom. The molecule has 4 N–H and O–H groups in total. The zero-order valence-corrected chi connectivity index (χ0v) is 25.3. The summed E-state index contributed by atoms with van der Waals surface area (Å²) in [6.07, 6.45) is 0. The second-order valence-corrected chi connectivity index (χ2v) is 10.7. The van der Waals surface area contributed by atoms with Crippen LogP contribution in [0.1, 0.15) is 20.7 Å². The van der Waals surface area contributed by atoms with Crippen molar-refractivity contribution in [2.75, 3.05) is 0 Å². The van der Waals surface area contributed by atoms with Gasteiger partial charge in [-0.2, -0.15) is 0 Å². The first-order valence-corrected chi connectivity index (χ1v) is 14.1. The van der Waals surface area contributed by atoms with Crippen LogP contribution in [0.5, 0.6) is 0 Å². The topological polar surface area (TPSA) is 221 Å². The van der Waals surface area contributed by atoms with E-state index in [0.717, 1.165) is 22.4 Å². The Hall–Kier alpha value is -6.35. The van der Waals surface area contributed by atoms with E-state index in [1.807, 2.05) is 72.8 Å². The molecule has 0 spiro atoms. The van der Waals surface area contributed by atoms with Gasteiger partial charge < -0.3 is 35.2 Å². The number of hydrogen-bond donors (Lipinski definition) is 2. The standard InChI is InChI=1S/C34H18N8O4.Co.H2O/c43-33(44)22-14-13-21-23(24(22)34(45)46)32-41-30-20-12-6-5-11-19(20)28(39-30)37-26-16-8-2-1-7-15(16)25(35-26)36-27-17-9-3-4-10-18(17)29(38-27)40-31(21)42-32;;/h1-14H,(H,43,44)(H,45,46)(H2,35,36,37,38,39,40,41,42);;1H2/q;+2;/p-2. The van der Waals surface area contributed by atoms with Gasteiger partial charge in [0.05, 0.1) is 11.9 Å². The molecule has 48 heavy (non-hydrogen) atoms. The van der Waals surface area contributed by atoms with Gasteiger partial charge in [0.2, 0.25) is 0 Å². The van der Waals surface area contributed by atoms with Crippen LogP contribution in [0.4, 0.5) is 0 Å². The molecule has 9 rings (SSSR count). The molecule has 0 aliphatic carbocycles. The van der Waals surface area contributed by atoms with Crippen molar-refractivity contribution >= 4 is 56.1 Å². The molecule has 0 atom stereocenters. The van der Waals surface area contributed by atoms with Crippen LogP contribution in [0.15, 0.2) is 84.9 Å². The van der Waals surface area contributed by atoms with Crippen LogP contribution in [0.25, 0.3) is 89.7 Å². The average molecular weight is 678 g/mol. The number of rotatable bonds is 2. The second-order valence-electron chi connectivity index (χ2n) is 10.7. The predicted octanol–water partition coefficient (Wildman–Crippen LogP) is 2.77. The molecule has 7 aromatic rings. The summed E-state index contributed by atoms with van der Waals surface area (Å²) in [6.45, 7) is 0. The summed E-state index contributed by atoms with van der Waals surface area (Å²) < 4.78 is 0. The quantitative estimate of drug-likeness (QED) is 0.272. The Kier molecular flexibility index (Phi) is 7.05. The van der Waals surface area contributed by atoms with E-state index >= 15 is 0 Å². The third-order valence-electron chi connectivity index (χ3n) is 8.14. The molecule has 5 heterocycles. The summed E-state index contributed by atoms with van der Waals surface area (Å²) in [5.41, 5.74) is 2.96. The number of benzene rings is 4. The van der Waals surface area contributed by atoms with Gasteiger partial charge in [0, 0.05) is 54.9 Å². The molecule has 233 valence electrons. The second kappa shape index (κ2) is 11.2. The van der Waals surface area contributed by atoms with Crippen molar-refractivity contribution < 1.29 is 42.1 Å². The zero-order valence-electron chi connectivity index (χ0n) is 24.2.